The van der Waals surface area contributed by atoms with E-state index in [4.69, 9.17) is 9.15 Å². The molecule has 1 atom stereocenters. The lowest BCUT2D eigenvalue weighted by Gasteiger charge is -2.12. The first kappa shape index (κ1) is 19.0. The van der Waals surface area contributed by atoms with Crippen molar-refractivity contribution in [2.75, 3.05) is 0 Å². The second-order valence-corrected chi connectivity index (χ2v) is 6.01. The van der Waals surface area contributed by atoms with Gasteiger partial charge in [0.2, 0.25) is 11.8 Å². The van der Waals surface area contributed by atoms with E-state index in [1.165, 1.54) is 6.92 Å². The summed E-state index contributed by atoms with van der Waals surface area (Å²) in [5, 5.41) is 10.4. The van der Waals surface area contributed by atoms with Gasteiger partial charge in [0.15, 0.2) is 6.10 Å². The van der Waals surface area contributed by atoms with Crippen LogP contribution in [0.15, 0.2) is 70.8 Å². The molecule has 0 aliphatic heterocycles. The van der Waals surface area contributed by atoms with Crippen LogP contribution in [-0.4, -0.2) is 22.1 Å². The molecule has 2 aromatic carbocycles. The zero-order chi connectivity index (χ0) is 19.9. The van der Waals surface area contributed by atoms with Gasteiger partial charge in [-0.3, -0.25) is 4.79 Å². The molecule has 1 amide bonds. The molecule has 142 valence electrons. The van der Waals surface area contributed by atoms with E-state index in [9.17, 15) is 9.59 Å². The number of hydrogen-bond acceptors (Lipinski definition) is 6. The zero-order valence-corrected chi connectivity index (χ0v) is 15.5. The highest BCUT2D eigenvalue weighted by atomic mass is 16.6. The second kappa shape index (κ2) is 8.77. The maximum absolute atomic E-state index is 12.5. The molecular formula is C21H19N3O4. The normalized spacial score (nSPS) is 12.3. The van der Waals surface area contributed by atoms with Crippen LogP contribution >= 0.6 is 0 Å². The molecule has 7 nitrogen and oxygen atoms in total. The van der Waals surface area contributed by atoms with Crippen molar-refractivity contribution in [3.05, 3.63) is 77.8 Å². The minimum atomic E-state index is -0.787. The van der Waals surface area contributed by atoms with Crippen LogP contribution < -0.4 is 5.32 Å². The number of carbonyl (C=O) groups is 2. The average Bonchev–Trinajstić information content (AvgIpc) is 3.19. The third kappa shape index (κ3) is 4.91. The van der Waals surface area contributed by atoms with Crippen LogP contribution in [0.1, 0.15) is 31.4 Å². The lowest BCUT2D eigenvalue weighted by molar-refractivity contribution is -0.146. The summed E-state index contributed by atoms with van der Waals surface area (Å²) >= 11 is 0. The molecule has 7 heteroatoms. The Morgan fingerprint density at radius 3 is 2.32 bits per heavy atom. The summed E-state index contributed by atoms with van der Waals surface area (Å²) < 4.78 is 11.0. The van der Waals surface area contributed by atoms with Crippen LogP contribution in [0.3, 0.4) is 0 Å². The number of amides is 1. The summed E-state index contributed by atoms with van der Waals surface area (Å²) in [5.74, 6) is -0.587. The highest BCUT2D eigenvalue weighted by Crippen LogP contribution is 2.22. The van der Waals surface area contributed by atoms with Crippen LogP contribution in [0.25, 0.3) is 17.5 Å². The molecule has 3 rings (SSSR count). The van der Waals surface area contributed by atoms with Gasteiger partial charge in [-0.1, -0.05) is 48.5 Å². The molecule has 0 spiro atoms. The van der Waals surface area contributed by atoms with Crippen LogP contribution in [0.5, 0.6) is 0 Å². The largest absolute Gasteiger partial charge is 0.448 e. The van der Waals surface area contributed by atoms with Gasteiger partial charge in [-0.05, 0) is 30.7 Å². The molecule has 0 saturated carbocycles. The van der Waals surface area contributed by atoms with Crippen LogP contribution in [-0.2, 0) is 14.3 Å². The van der Waals surface area contributed by atoms with Gasteiger partial charge in [-0.15, -0.1) is 10.2 Å². The van der Waals surface area contributed by atoms with Gasteiger partial charge in [0.05, 0.1) is 0 Å². The van der Waals surface area contributed by atoms with Crippen molar-refractivity contribution >= 4 is 18.0 Å². The van der Waals surface area contributed by atoms with E-state index < -0.39 is 12.1 Å². The summed E-state index contributed by atoms with van der Waals surface area (Å²) in [5.41, 5.74) is 1.54. The number of rotatable bonds is 6. The summed E-state index contributed by atoms with van der Waals surface area (Å²) in [6, 6.07) is 18.4. The quantitative estimate of drug-likeness (QED) is 0.522. The van der Waals surface area contributed by atoms with Gasteiger partial charge >= 0.3 is 5.97 Å². The summed E-state index contributed by atoms with van der Waals surface area (Å²) in [7, 11) is 0. The second-order valence-electron chi connectivity index (χ2n) is 6.01. The first-order chi connectivity index (χ1) is 13.5. The summed E-state index contributed by atoms with van der Waals surface area (Å²) in [6.45, 7) is 2.94. The Hall–Kier alpha value is -3.74. The van der Waals surface area contributed by atoms with Crippen LogP contribution in [0.2, 0.25) is 0 Å². The van der Waals surface area contributed by atoms with Crippen LogP contribution in [0.4, 0.5) is 0 Å². The third-order valence-electron chi connectivity index (χ3n) is 3.73. The van der Waals surface area contributed by atoms with Crippen molar-refractivity contribution < 1.29 is 18.7 Å². The van der Waals surface area contributed by atoms with Gasteiger partial charge in [0.25, 0.3) is 5.89 Å². The van der Waals surface area contributed by atoms with Gasteiger partial charge in [-0.25, -0.2) is 4.79 Å². The number of nitrogens with one attached hydrogen (secondary N) is 1. The Morgan fingerprint density at radius 2 is 1.68 bits per heavy atom. The molecule has 1 aromatic heterocycles. The van der Waals surface area contributed by atoms with E-state index in [1.54, 1.807) is 13.0 Å². The van der Waals surface area contributed by atoms with E-state index in [-0.39, 0.29) is 17.5 Å². The topological polar surface area (TPSA) is 94.3 Å². The van der Waals surface area contributed by atoms with Crippen molar-refractivity contribution in [1.82, 2.24) is 15.5 Å². The van der Waals surface area contributed by atoms with Crippen molar-refractivity contribution in [2.45, 2.75) is 20.0 Å². The van der Waals surface area contributed by atoms with E-state index in [0.29, 0.717) is 5.89 Å². The Balaban J connectivity index is 1.75. The van der Waals surface area contributed by atoms with Gasteiger partial charge in [0.1, 0.15) is 5.70 Å². The number of esters is 1. The Kier molecular flexibility index (Phi) is 5.96. The molecule has 0 radical (unpaired) electrons. The minimum Gasteiger partial charge on any atom is -0.448 e. The van der Waals surface area contributed by atoms with Crippen molar-refractivity contribution in [3.63, 3.8) is 0 Å². The Labute approximate surface area is 162 Å². The predicted molar refractivity (Wildman–Crippen MR) is 102 cm³/mol. The number of carbonyl (C=O) groups excluding carboxylic acids is 2. The molecule has 0 saturated heterocycles. The molecule has 28 heavy (non-hydrogen) atoms. The number of aromatic nitrogens is 2. The van der Waals surface area contributed by atoms with Gasteiger partial charge in [0, 0.05) is 12.5 Å². The highest BCUT2D eigenvalue weighted by molar-refractivity contribution is 5.97. The van der Waals surface area contributed by atoms with Crippen molar-refractivity contribution in [2.24, 2.45) is 0 Å². The zero-order valence-electron chi connectivity index (χ0n) is 15.5. The molecule has 0 aliphatic rings. The number of nitrogens with zero attached hydrogens (tertiary/aromatic N) is 2. The Morgan fingerprint density at radius 1 is 1.04 bits per heavy atom. The molecular weight excluding hydrogens is 358 g/mol. The molecule has 0 aliphatic carbocycles. The molecule has 1 heterocycles. The van der Waals surface area contributed by atoms with E-state index in [1.807, 2.05) is 60.7 Å². The van der Waals surface area contributed by atoms with E-state index in [0.717, 1.165) is 11.1 Å². The monoisotopic (exact) mass is 377 g/mol. The fourth-order valence-electron chi connectivity index (χ4n) is 2.42. The number of benzene rings is 2. The number of hydrogen-bond donors (Lipinski definition) is 1. The van der Waals surface area contributed by atoms with Crippen LogP contribution in [0, 0.1) is 0 Å². The summed E-state index contributed by atoms with van der Waals surface area (Å²) in [4.78, 5) is 24.0. The molecule has 1 N–H and O–H groups in total. The minimum absolute atomic E-state index is 0.0216. The fourth-order valence-corrected chi connectivity index (χ4v) is 2.42. The third-order valence-corrected chi connectivity index (χ3v) is 3.73. The van der Waals surface area contributed by atoms with Gasteiger partial charge < -0.3 is 14.5 Å². The molecule has 0 bridgehead atoms. The Bertz CT molecular complexity index is 981. The molecule has 3 aromatic rings. The van der Waals surface area contributed by atoms with E-state index in [2.05, 4.69) is 15.5 Å². The average molecular weight is 377 g/mol. The fraction of sp³-hybridized carbons (Fsp3) is 0.143. The standard InChI is InChI=1S/C21H19N3O4/c1-14(19-23-24-20(28-19)17-11-7-4-8-12-17)27-21(26)18(22-15(2)25)13-16-9-5-3-6-10-16/h3-14H,1-2H3,(H,22,25)/b18-13-/t14-/m0/s1. The van der Waals surface area contributed by atoms with Crippen molar-refractivity contribution in [1.29, 1.82) is 0 Å². The van der Waals surface area contributed by atoms with Crippen molar-refractivity contribution in [3.8, 4) is 11.5 Å². The molecule has 0 unspecified atom stereocenters. The first-order valence-electron chi connectivity index (χ1n) is 8.67. The number of ether oxygens (including phenoxy) is 1. The highest BCUT2D eigenvalue weighted by Gasteiger charge is 2.22. The lowest BCUT2D eigenvalue weighted by atomic mass is 10.2. The maximum Gasteiger partial charge on any atom is 0.355 e. The van der Waals surface area contributed by atoms with Gasteiger partial charge in [-0.2, -0.15) is 0 Å². The van der Waals surface area contributed by atoms with E-state index >= 15 is 0 Å². The summed E-state index contributed by atoms with van der Waals surface area (Å²) in [6.07, 6.45) is 0.755. The predicted octanol–water partition coefficient (Wildman–Crippen LogP) is 3.52. The first-order valence-corrected chi connectivity index (χ1v) is 8.67. The lowest BCUT2D eigenvalue weighted by Crippen LogP contribution is -2.27. The SMILES string of the molecule is CC(=O)N/C(=C\c1ccccc1)C(=O)O[C@@H](C)c1nnc(-c2ccccc2)o1. The smallest absolute Gasteiger partial charge is 0.355 e. The maximum atomic E-state index is 12.5. The molecule has 0 fully saturated rings.